The molecule has 1 aromatic carbocycles. The summed E-state index contributed by atoms with van der Waals surface area (Å²) in [4.78, 5) is 26.1. The van der Waals surface area contributed by atoms with Crippen molar-refractivity contribution in [1.82, 2.24) is 25.3 Å². The number of rotatable bonds is 8. The number of nitrogens with one attached hydrogen (secondary N) is 1. The smallest absolute Gasteiger partial charge is 0.219 e. The first-order chi connectivity index (χ1) is 17.3. The number of aryl methyl sites for hydroxylation is 2. The standard InChI is InChI=1S/C26H32N6O4/c1-15-25(16(2)36-30-15)23-10-24(32-13-19-9-20(32)12-31(19)17(3)33)29-26(28-23)18-6-5-7-22(8-18)35-14-21(34)11-27-4/h5-8,10,19-21,27,34H,9,11-14H2,1-4H3/t19-,20-,21?/m0/s1. The van der Waals surface area contributed by atoms with Crippen LogP contribution in [0, 0.1) is 13.8 Å². The van der Waals surface area contributed by atoms with Gasteiger partial charge < -0.3 is 29.5 Å². The number of nitrogens with zero attached hydrogens (tertiary/aromatic N) is 5. The van der Waals surface area contributed by atoms with Gasteiger partial charge in [-0.3, -0.25) is 4.79 Å². The van der Waals surface area contributed by atoms with Crippen LogP contribution in [0.4, 0.5) is 5.82 Å². The summed E-state index contributed by atoms with van der Waals surface area (Å²) in [6.45, 7) is 7.50. The number of carbonyl (C=O) groups is 1. The molecule has 2 saturated heterocycles. The van der Waals surface area contributed by atoms with Crippen LogP contribution in [0.1, 0.15) is 24.8 Å². The second-order valence-electron chi connectivity index (χ2n) is 9.55. The first-order valence-corrected chi connectivity index (χ1v) is 12.3. The Bertz CT molecular complexity index is 1240. The molecule has 0 radical (unpaired) electrons. The zero-order valence-electron chi connectivity index (χ0n) is 21.1. The fourth-order valence-electron chi connectivity index (χ4n) is 5.23. The Morgan fingerprint density at radius 1 is 1.25 bits per heavy atom. The molecule has 2 N–H and O–H groups in total. The Morgan fingerprint density at radius 2 is 2.08 bits per heavy atom. The summed E-state index contributed by atoms with van der Waals surface area (Å²) in [5.41, 5.74) is 3.18. The number of piperazine rings is 1. The van der Waals surface area contributed by atoms with E-state index in [2.05, 4.69) is 15.4 Å². The minimum atomic E-state index is -0.607. The van der Waals surface area contributed by atoms with Gasteiger partial charge in [0.15, 0.2) is 5.82 Å². The highest BCUT2D eigenvalue weighted by atomic mass is 16.5. The van der Waals surface area contributed by atoms with E-state index >= 15 is 0 Å². The second-order valence-corrected chi connectivity index (χ2v) is 9.55. The first-order valence-electron chi connectivity index (χ1n) is 12.3. The monoisotopic (exact) mass is 492 g/mol. The molecule has 3 atom stereocenters. The van der Waals surface area contributed by atoms with E-state index in [0.29, 0.717) is 30.4 Å². The van der Waals surface area contributed by atoms with E-state index in [9.17, 15) is 9.90 Å². The van der Waals surface area contributed by atoms with E-state index in [1.54, 1.807) is 14.0 Å². The van der Waals surface area contributed by atoms with Crippen LogP contribution < -0.4 is 15.0 Å². The molecule has 2 aliphatic heterocycles. The number of hydrogen-bond donors (Lipinski definition) is 2. The summed E-state index contributed by atoms with van der Waals surface area (Å²) in [5.74, 6) is 2.84. The Hall–Kier alpha value is -3.50. The maximum absolute atomic E-state index is 12.0. The summed E-state index contributed by atoms with van der Waals surface area (Å²) in [6, 6.07) is 9.99. The lowest BCUT2D eigenvalue weighted by Gasteiger charge is -2.34. The van der Waals surface area contributed by atoms with Gasteiger partial charge in [0.2, 0.25) is 5.91 Å². The van der Waals surface area contributed by atoms with Crippen molar-refractivity contribution in [3.05, 3.63) is 41.8 Å². The van der Waals surface area contributed by atoms with Crippen LogP contribution in [0.25, 0.3) is 22.6 Å². The third-order valence-electron chi connectivity index (χ3n) is 6.92. The van der Waals surface area contributed by atoms with Gasteiger partial charge >= 0.3 is 0 Å². The van der Waals surface area contributed by atoms with Crippen LogP contribution in [0.5, 0.6) is 5.75 Å². The third-order valence-corrected chi connectivity index (χ3v) is 6.92. The molecule has 1 unspecified atom stereocenters. The number of likely N-dealkylation sites (tertiary alicyclic amines) is 1. The predicted octanol–water partition coefficient (Wildman–Crippen LogP) is 2.18. The van der Waals surface area contributed by atoms with Crippen LogP contribution >= 0.6 is 0 Å². The molecule has 3 aromatic rings. The summed E-state index contributed by atoms with van der Waals surface area (Å²) in [7, 11) is 1.79. The second kappa shape index (κ2) is 9.87. The molecule has 1 amide bonds. The number of aliphatic hydroxyl groups excluding tert-OH is 1. The number of amides is 1. The largest absolute Gasteiger partial charge is 0.491 e. The van der Waals surface area contributed by atoms with Crippen molar-refractivity contribution < 1.29 is 19.2 Å². The van der Waals surface area contributed by atoms with Crippen LogP contribution in [-0.4, -0.2) is 82.5 Å². The lowest BCUT2D eigenvalue weighted by Crippen LogP contribution is -2.48. The number of carbonyl (C=O) groups excluding carboxylic acids is 1. The zero-order chi connectivity index (χ0) is 25.4. The SMILES string of the molecule is CNCC(O)COc1cccc(-c2nc(-c3c(C)noc3C)cc(N3C[C@@H]4C[C@H]3CN4C(C)=O)n2)c1. The van der Waals surface area contributed by atoms with Gasteiger partial charge in [-0.15, -0.1) is 0 Å². The van der Waals surface area contributed by atoms with E-state index < -0.39 is 6.10 Å². The van der Waals surface area contributed by atoms with Crippen LogP contribution in [0.2, 0.25) is 0 Å². The molecule has 2 fully saturated rings. The van der Waals surface area contributed by atoms with Gasteiger partial charge in [-0.25, -0.2) is 9.97 Å². The van der Waals surface area contributed by atoms with Gasteiger partial charge in [-0.05, 0) is 39.4 Å². The van der Waals surface area contributed by atoms with Crippen molar-refractivity contribution in [3.8, 4) is 28.4 Å². The molecule has 10 heteroatoms. The number of anilines is 1. The molecule has 190 valence electrons. The number of likely N-dealkylation sites (N-methyl/N-ethyl adjacent to an activating group) is 1. The van der Waals surface area contributed by atoms with Crippen molar-refractivity contribution in [1.29, 1.82) is 0 Å². The highest BCUT2D eigenvalue weighted by Gasteiger charge is 2.45. The summed E-state index contributed by atoms with van der Waals surface area (Å²) in [5, 5.41) is 17.0. The maximum atomic E-state index is 12.0. The van der Waals surface area contributed by atoms with Gasteiger partial charge in [0.05, 0.1) is 29.0 Å². The third kappa shape index (κ3) is 4.66. The molecule has 10 nitrogen and oxygen atoms in total. The van der Waals surface area contributed by atoms with Crippen LogP contribution in [0.3, 0.4) is 0 Å². The maximum Gasteiger partial charge on any atom is 0.219 e. The number of fused-ring (bicyclic) bond motifs is 2. The molecule has 5 rings (SSSR count). The minimum Gasteiger partial charge on any atom is -0.491 e. The number of hydrogen-bond acceptors (Lipinski definition) is 9. The van der Waals surface area contributed by atoms with E-state index in [-0.39, 0.29) is 24.6 Å². The normalized spacial score (nSPS) is 19.7. The predicted molar refractivity (Wildman–Crippen MR) is 135 cm³/mol. The molecule has 2 bridgehead atoms. The highest BCUT2D eigenvalue weighted by molar-refractivity contribution is 5.75. The Labute approximate surface area is 210 Å². The Balaban J connectivity index is 1.50. The number of aromatic nitrogens is 3. The molecule has 0 saturated carbocycles. The molecule has 0 spiro atoms. The average Bonchev–Trinajstić information content (AvgIpc) is 3.57. The van der Waals surface area contributed by atoms with Crippen molar-refractivity contribution in [2.24, 2.45) is 0 Å². The Kier molecular flexibility index (Phi) is 6.63. The number of benzene rings is 1. The van der Waals surface area contributed by atoms with Crippen molar-refractivity contribution >= 4 is 11.7 Å². The lowest BCUT2D eigenvalue weighted by molar-refractivity contribution is -0.129. The van der Waals surface area contributed by atoms with Gasteiger partial charge in [0, 0.05) is 38.2 Å². The number of aliphatic hydroxyl groups is 1. The van der Waals surface area contributed by atoms with Crippen molar-refractivity contribution in [3.63, 3.8) is 0 Å². The van der Waals surface area contributed by atoms with Crippen molar-refractivity contribution in [2.45, 2.75) is 45.4 Å². The topological polar surface area (TPSA) is 117 Å². The lowest BCUT2D eigenvalue weighted by atomic mass is 10.1. The first kappa shape index (κ1) is 24.2. The molecule has 36 heavy (non-hydrogen) atoms. The zero-order valence-corrected chi connectivity index (χ0v) is 21.1. The summed E-state index contributed by atoms with van der Waals surface area (Å²) >= 11 is 0. The molecular formula is C26H32N6O4. The van der Waals surface area contributed by atoms with Gasteiger partial charge in [0.1, 0.15) is 30.0 Å². The quantitative estimate of drug-likeness (QED) is 0.488. The number of ether oxygens (including phenoxy) is 1. The van der Waals surface area contributed by atoms with E-state index in [1.165, 1.54) is 0 Å². The molecule has 2 aliphatic rings. The van der Waals surface area contributed by atoms with E-state index in [1.807, 2.05) is 49.1 Å². The fraction of sp³-hybridized carbons (Fsp3) is 0.462. The average molecular weight is 493 g/mol. The van der Waals surface area contributed by atoms with Crippen molar-refractivity contribution in [2.75, 3.05) is 38.2 Å². The van der Waals surface area contributed by atoms with E-state index in [4.69, 9.17) is 19.2 Å². The molecule has 0 aliphatic carbocycles. The minimum absolute atomic E-state index is 0.124. The highest BCUT2D eigenvalue weighted by Crippen LogP contribution is 2.37. The molecule has 4 heterocycles. The van der Waals surface area contributed by atoms with Crippen LogP contribution in [-0.2, 0) is 4.79 Å². The fourth-order valence-corrected chi connectivity index (χ4v) is 5.23. The molecule has 2 aromatic heterocycles. The summed E-state index contributed by atoms with van der Waals surface area (Å²) in [6.07, 6.45) is 0.335. The van der Waals surface area contributed by atoms with Crippen LogP contribution in [0.15, 0.2) is 34.9 Å². The van der Waals surface area contributed by atoms with Gasteiger partial charge in [-0.2, -0.15) is 0 Å². The summed E-state index contributed by atoms with van der Waals surface area (Å²) < 4.78 is 11.2. The van der Waals surface area contributed by atoms with Gasteiger partial charge in [0.25, 0.3) is 0 Å². The van der Waals surface area contributed by atoms with Gasteiger partial charge in [-0.1, -0.05) is 17.3 Å². The Morgan fingerprint density at radius 3 is 2.75 bits per heavy atom. The van der Waals surface area contributed by atoms with E-state index in [0.717, 1.165) is 41.3 Å². The molecular weight excluding hydrogens is 460 g/mol.